The van der Waals surface area contributed by atoms with Crippen LogP contribution in [-0.4, -0.2) is 0 Å². The number of benzene rings is 9. The van der Waals surface area contributed by atoms with E-state index < -0.39 is 5.41 Å². The molecule has 0 bridgehead atoms. The lowest BCUT2D eigenvalue weighted by atomic mass is 9.65. The number of ether oxygens (including phenoxy) is 1. The van der Waals surface area contributed by atoms with E-state index in [1.807, 2.05) is 12.1 Å². The molecule has 0 atom stereocenters. The van der Waals surface area contributed by atoms with Crippen molar-refractivity contribution >= 4 is 39.0 Å². The molecule has 12 rings (SSSR count). The molecule has 2 aliphatic rings. The summed E-state index contributed by atoms with van der Waals surface area (Å²) in [5, 5.41) is 2.25. The number of nitrogens with zero attached hydrogens (tertiary/aromatic N) is 1. The summed E-state index contributed by atoms with van der Waals surface area (Å²) in [6.07, 6.45) is 0. The van der Waals surface area contributed by atoms with E-state index in [1.54, 1.807) is 0 Å². The minimum atomic E-state index is -0.632. The van der Waals surface area contributed by atoms with Crippen LogP contribution in [-0.2, 0) is 5.41 Å². The zero-order chi connectivity index (χ0) is 38.2. The molecular weight excluding hydrogens is 707 g/mol. The highest BCUT2D eigenvalue weighted by molar-refractivity contribution is 6.09. The molecular formula is C55H35NO2. The first-order chi connectivity index (χ1) is 28.8. The van der Waals surface area contributed by atoms with Crippen molar-refractivity contribution in [3.63, 3.8) is 0 Å². The summed E-state index contributed by atoms with van der Waals surface area (Å²) in [6.45, 7) is 0. The van der Waals surface area contributed by atoms with Gasteiger partial charge in [-0.15, -0.1) is 0 Å². The van der Waals surface area contributed by atoms with Crippen molar-refractivity contribution in [2.24, 2.45) is 0 Å². The van der Waals surface area contributed by atoms with Gasteiger partial charge in [0, 0.05) is 44.4 Å². The van der Waals surface area contributed by atoms with Gasteiger partial charge in [-0.1, -0.05) is 164 Å². The largest absolute Gasteiger partial charge is 0.457 e. The fourth-order valence-electron chi connectivity index (χ4n) is 9.70. The maximum Gasteiger partial charge on any atom is 0.143 e. The van der Waals surface area contributed by atoms with Gasteiger partial charge in [-0.3, -0.25) is 0 Å². The van der Waals surface area contributed by atoms with Crippen molar-refractivity contribution < 1.29 is 9.15 Å². The summed E-state index contributed by atoms with van der Waals surface area (Å²) in [6, 6.07) is 76.1. The summed E-state index contributed by atoms with van der Waals surface area (Å²) >= 11 is 0. The molecule has 0 radical (unpaired) electrons. The average molecular weight is 742 g/mol. The van der Waals surface area contributed by atoms with E-state index in [2.05, 4.69) is 205 Å². The van der Waals surface area contributed by atoms with E-state index in [0.717, 1.165) is 72.8 Å². The van der Waals surface area contributed by atoms with Gasteiger partial charge in [-0.25, -0.2) is 0 Å². The van der Waals surface area contributed by atoms with Crippen LogP contribution in [0.3, 0.4) is 0 Å². The molecule has 1 spiro atoms. The summed E-state index contributed by atoms with van der Waals surface area (Å²) in [5.41, 5.74) is 16.2. The number of hydrogen-bond donors (Lipinski definition) is 0. The number of anilines is 3. The second kappa shape index (κ2) is 12.7. The van der Waals surface area contributed by atoms with Gasteiger partial charge in [-0.2, -0.15) is 0 Å². The molecule has 10 aromatic rings. The van der Waals surface area contributed by atoms with E-state index in [0.29, 0.717) is 0 Å². The van der Waals surface area contributed by atoms with E-state index >= 15 is 0 Å². The van der Waals surface area contributed by atoms with Crippen LogP contribution in [0.25, 0.3) is 55.3 Å². The van der Waals surface area contributed by atoms with Gasteiger partial charge < -0.3 is 14.1 Å². The fraction of sp³-hybridized carbons (Fsp3) is 0.0182. The molecule has 2 heterocycles. The van der Waals surface area contributed by atoms with Crippen LogP contribution in [0, 0.1) is 0 Å². The van der Waals surface area contributed by atoms with E-state index in [1.165, 1.54) is 33.4 Å². The van der Waals surface area contributed by atoms with Gasteiger partial charge in [-0.05, 0) is 81.9 Å². The molecule has 0 amide bonds. The van der Waals surface area contributed by atoms with Crippen molar-refractivity contribution in [2.75, 3.05) is 4.90 Å². The molecule has 1 aliphatic carbocycles. The SMILES string of the molecule is c1ccc(-c2ccc(N(c3ccc(-c4cccc5c4oc4ccccc45)cc3)c3cccc4c3C3(c5ccccc5Oc5ccccc53)c3ccccc3-4)cc2)cc1. The Morgan fingerprint density at radius 2 is 0.897 bits per heavy atom. The fourth-order valence-corrected chi connectivity index (χ4v) is 9.70. The van der Waals surface area contributed by atoms with Gasteiger partial charge in [0.25, 0.3) is 0 Å². The molecule has 0 unspecified atom stereocenters. The molecule has 3 nitrogen and oxygen atoms in total. The molecule has 3 heteroatoms. The third-order valence-corrected chi connectivity index (χ3v) is 12.2. The van der Waals surface area contributed by atoms with Crippen LogP contribution in [0.1, 0.15) is 22.3 Å². The standard InChI is InChI=1S/C55H35NO2/c1-2-14-36(15-3-1)37-28-32-39(33-29-37)56(40-34-30-38(31-35-40)41-18-12-20-45-43-17-5-9-25-50(43)58-54(41)45)49-24-13-19-44-42-16-4-6-21-46(42)55(53(44)49)47-22-7-10-26-51(47)57-52-27-11-8-23-48(52)55/h1-35H. The maximum atomic E-state index is 6.70. The van der Waals surface area contributed by atoms with Gasteiger partial charge in [0.2, 0.25) is 0 Å². The van der Waals surface area contributed by atoms with Gasteiger partial charge in [0.05, 0.1) is 11.1 Å². The molecule has 58 heavy (non-hydrogen) atoms. The Hall–Kier alpha value is -7.62. The molecule has 0 saturated carbocycles. The molecule has 9 aromatic carbocycles. The van der Waals surface area contributed by atoms with Gasteiger partial charge in [0.15, 0.2) is 0 Å². The van der Waals surface area contributed by atoms with Gasteiger partial charge >= 0.3 is 0 Å². The normalized spacial score (nSPS) is 13.1. The Morgan fingerprint density at radius 1 is 0.362 bits per heavy atom. The Labute approximate surface area is 336 Å². The van der Waals surface area contributed by atoms with Crippen LogP contribution in [0.15, 0.2) is 217 Å². The first kappa shape index (κ1) is 32.6. The average Bonchev–Trinajstić information content (AvgIpc) is 3.82. The molecule has 0 N–H and O–H groups in total. The maximum absolute atomic E-state index is 6.70. The highest BCUT2D eigenvalue weighted by atomic mass is 16.5. The number of para-hydroxylation sites is 4. The Balaban J connectivity index is 1.10. The lowest BCUT2D eigenvalue weighted by Gasteiger charge is -2.41. The topological polar surface area (TPSA) is 25.6 Å². The highest BCUT2D eigenvalue weighted by Gasteiger charge is 2.52. The predicted molar refractivity (Wildman–Crippen MR) is 237 cm³/mol. The van der Waals surface area contributed by atoms with Crippen molar-refractivity contribution in [3.8, 4) is 44.9 Å². The quantitative estimate of drug-likeness (QED) is 0.176. The van der Waals surface area contributed by atoms with E-state index in [4.69, 9.17) is 9.15 Å². The minimum Gasteiger partial charge on any atom is -0.457 e. The number of fused-ring (bicyclic) bond motifs is 12. The van der Waals surface area contributed by atoms with Crippen LogP contribution < -0.4 is 9.64 Å². The third-order valence-electron chi connectivity index (χ3n) is 12.2. The zero-order valence-electron chi connectivity index (χ0n) is 31.5. The van der Waals surface area contributed by atoms with Crippen molar-refractivity contribution in [1.29, 1.82) is 0 Å². The summed E-state index contributed by atoms with van der Waals surface area (Å²) < 4.78 is 13.2. The van der Waals surface area contributed by atoms with E-state index in [9.17, 15) is 0 Å². The van der Waals surface area contributed by atoms with E-state index in [-0.39, 0.29) is 0 Å². The monoisotopic (exact) mass is 741 g/mol. The second-order valence-corrected chi connectivity index (χ2v) is 15.2. The van der Waals surface area contributed by atoms with Crippen molar-refractivity contribution in [3.05, 3.63) is 235 Å². The Bertz CT molecular complexity index is 3150. The smallest absolute Gasteiger partial charge is 0.143 e. The van der Waals surface area contributed by atoms with Crippen molar-refractivity contribution in [1.82, 2.24) is 0 Å². The predicted octanol–water partition coefficient (Wildman–Crippen LogP) is 14.9. The number of furan rings is 1. The van der Waals surface area contributed by atoms with Crippen molar-refractivity contribution in [2.45, 2.75) is 5.41 Å². The minimum absolute atomic E-state index is 0.632. The highest BCUT2D eigenvalue weighted by Crippen LogP contribution is 2.64. The first-order valence-corrected chi connectivity index (χ1v) is 19.8. The summed E-state index contributed by atoms with van der Waals surface area (Å²) in [7, 11) is 0. The number of rotatable bonds is 5. The van der Waals surface area contributed by atoms with Crippen LogP contribution in [0.2, 0.25) is 0 Å². The lowest BCUT2D eigenvalue weighted by Crippen LogP contribution is -2.33. The molecule has 0 fully saturated rings. The Morgan fingerprint density at radius 3 is 1.64 bits per heavy atom. The zero-order valence-corrected chi connectivity index (χ0v) is 31.5. The molecule has 1 aliphatic heterocycles. The molecule has 0 saturated heterocycles. The lowest BCUT2D eigenvalue weighted by molar-refractivity contribution is 0.436. The summed E-state index contributed by atoms with van der Waals surface area (Å²) in [4.78, 5) is 2.44. The van der Waals surface area contributed by atoms with Gasteiger partial charge in [0.1, 0.15) is 22.7 Å². The second-order valence-electron chi connectivity index (χ2n) is 15.2. The van der Waals surface area contributed by atoms with Crippen LogP contribution >= 0.6 is 0 Å². The Kier molecular flexibility index (Phi) is 7.14. The summed E-state index contributed by atoms with van der Waals surface area (Å²) in [5.74, 6) is 1.75. The third kappa shape index (κ3) is 4.68. The first-order valence-electron chi connectivity index (χ1n) is 19.8. The van der Waals surface area contributed by atoms with Crippen LogP contribution in [0.5, 0.6) is 11.5 Å². The van der Waals surface area contributed by atoms with Crippen LogP contribution in [0.4, 0.5) is 17.1 Å². The molecule has 272 valence electrons. The molecule has 1 aromatic heterocycles. The number of hydrogen-bond acceptors (Lipinski definition) is 3.